The van der Waals surface area contributed by atoms with Crippen LogP contribution < -0.4 is 15.4 Å². The Morgan fingerprint density at radius 2 is 1.78 bits per heavy atom. The van der Waals surface area contributed by atoms with Crippen LogP contribution >= 0.6 is 24.0 Å². The van der Waals surface area contributed by atoms with E-state index in [2.05, 4.69) is 15.6 Å². The molecule has 1 rings (SSSR count). The summed E-state index contributed by atoms with van der Waals surface area (Å²) in [4.78, 5) is 4.08. The van der Waals surface area contributed by atoms with Crippen molar-refractivity contribution in [2.24, 2.45) is 4.99 Å². The summed E-state index contributed by atoms with van der Waals surface area (Å²) < 4.78 is 41.6. The number of para-hydroxylation sites is 1. The third-order valence-electron chi connectivity index (χ3n) is 2.53. The van der Waals surface area contributed by atoms with Gasteiger partial charge in [-0.1, -0.05) is 18.2 Å². The Bertz CT molecular complexity index is 513. The first-order chi connectivity index (χ1) is 10.1. The lowest BCUT2D eigenvalue weighted by Crippen LogP contribution is -2.47. The number of guanidine groups is 1. The lowest BCUT2D eigenvalue weighted by molar-refractivity contribution is -0.153. The van der Waals surface area contributed by atoms with Crippen molar-refractivity contribution in [3.8, 4) is 5.75 Å². The average Bonchev–Trinajstić information content (AvgIpc) is 2.40. The number of nitrogens with one attached hydrogen (secondary N) is 2. The van der Waals surface area contributed by atoms with E-state index >= 15 is 0 Å². The molecule has 1 aromatic carbocycles. The second kappa shape index (κ2) is 9.19. The summed E-state index contributed by atoms with van der Waals surface area (Å²) in [6.07, 6.45) is -4.36. The van der Waals surface area contributed by atoms with Crippen LogP contribution in [0.15, 0.2) is 29.3 Å². The van der Waals surface area contributed by atoms with Crippen LogP contribution in [0.2, 0.25) is 0 Å². The molecule has 0 saturated carbocycles. The summed E-state index contributed by atoms with van der Waals surface area (Å²) in [5.41, 5.74) is 0.456. The molecule has 4 nitrogen and oxygen atoms in total. The van der Waals surface area contributed by atoms with Crippen LogP contribution in [0.5, 0.6) is 5.75 Å². The van der Waals surface area contributed by atoms with Crippen molar-refractivity contribution in [2.75, 3.05) is 13.7 Å². The molecule has 8 heteroatoms. The molecule has 0 saturated heterocycles. The van der Waals surface area contributed by atoms with Gasteiger partial charge in [0, 0.05) is 24.7 Å². The molecule has 0 unspecified atom stereocenters. The molecule has 0 atom stereocenters. The van der Waals surface area contributed by atoms with Gasteiger partial charge in [-0.25, -0.2) is 0 Å². The number of alkyl halides is 3. The van der Waals surface area contributed by atoms with Gasteiger partial charge >= 0.3 is 6.18 Å². The van der Waals surface area contributed by atoms with Gasteiger partial charge in [0.2, 0.25) is 0 Å². The maximum atomic E-state index is 12.3. The third kappa shape index (κ3) is 9.52. The number of benzene rings is 1. The fourth-order valence-corrected chi connectivity index (χ4v) is 1.66. The van der Waals surface area contributed by atoms with Crippen molar-refractivity contribution in [2.45, 2.75) is 39.0 Å². The van der Waals surface area contributed by atoms with Gasteiger partial charge in [-0.3, -0.25) is 4.99 Å². The number of halogens is 4. The summed E-state index contributed by atoms with van der Waals surface area (Å²) in [5.74, 6) is 0.775. The lowest BCUT2D eigenvalue weighted by Gasteiger charge is -2.24. The second-order valence-electron chi connectivity index (χ2n) is 5.81. The van der Waals surface area contributed by atoms with E-state index < -0.39 is 12.8 Å². The highest BCUT2D eigenvalue weighted by Crippen LogP contribution is 2.22. The summed E-state index contributed by atoms with van der Waals surface area (Å²) >= 11 is 0. The molecule has 0 heterocycles. The molecule has 0 spiro atoms. The van der Waals surface area contributed by atoms with Crippen LogP contribution in [0, 0.1) is 0 Å². The fraction of sp³-hybridized carbons (Fsp3) is 0.533. The Hall–Kier alpha value is -1.19. The molecular formula is C15H23F3IN3O. The van der Waals surface area contributed by atoms with Crippen LogP contribution in [-0.4, -0.2) is 31.3 Å². The van der Waals surface area contributed by atoms with Crippen LogP contribution in [0.4, 0.5) is 13.2 Å². The van der Waals surface area contributed by atoms with E-state index in [0.717, 1.165) is 0 Å². The average molecular weight is 445 g/mol. The number of ether oxygens (including phenoxy) is 1. The molecule has 0 amide bonds. The van der Waals surface area contributed by atoms with E-state index in [-0.39, 0.29) is 35.3 Å². The largest absolute Gasteiger partial charge is 0.484 e. The first kappa shape index (κ1) is 21.8. The monoisotopic (exact) mass is 445 g/mol. The normalized spacial score (nSPS) is 12.4. The highest BCUT2D eigenvalue weighted by molar-refractivity contribution is 14.0. The van der Waals surface area contributed by atoms with E-state index in [9.17, 15) is 13.2 Å². The van der Waals surface area contributed by atoms with E-state index in [0.29, 0.717) is 18.1 Å². The van der Waals surface area contributed by atoms with E-state index in [1.54, 1.807) is 25.2 Å². The first-order valence-corrected chi connectivity index (χ1v) is 6.87. The Labute approximate surface area is 151 Å². The Kier molecular flexibility index (Phi) is 8.71. The number of nitrogens with zero attached hydrogens (tertiary/aromatic N) is 1. The molecule has 1 aromatic rings. The standard InChI is InChI=1S/C15H22F3N3O.HI/c1-14(2,3)21-13(19-4)20-9-11-7-5-6-8-12(11)22-10-15(16,17)18;/h5-8H,9-10H2,1-4H3,(H2,19,20,21);1H. The zero-order chi connectivity index (χ0) is 16.8. The number of aliphatic imine (C=N–C) groups is 1. The van der Waals surface area contributed by atoms with Crippen LogP contribution in [0.25, 0.3) is 0 Å². The molecule has 0 bridgehead atoms. The van der Waals surface area contributed by atoms with E-state index in [1.807, 2.05) is 20.8 Å². The van der Waals surface area contributed by atoms with Gasteiger partial charge in [0.05, 0.1) is 0 Å². The zero-order valence-corrected chi connectivity index (χ0v) is 16.0. The maximum absolute atomic E-state index is 12.3. The molecule has 0 fully saturated rings. The Morgan fingerprint density at radius 3 is 2.30 bits per heavy atom. The smallest absolute Gasteiger partial charge is 0.422 e. The van der Waals surface area contributed by atoms with Crippen molar-refractivity contribution in [3.05, 3.63) is 29.8 Å². The van der Waals surface area contributed by atoms with Gasteiger partial charge < -0.3 is 15.4 Å². The number of hydrogen-bond donors (Lipinski definition) is 2. The van der Waals surface area contributed by atoms with Crippen LogP contribution in [-0.2, 0) is 6.54 Å². The van der Waals surface area contributed by atoms with Gasteiger partial charge in [0.15, 0.2) is 12.6 Å². The Morgan fingerprint density at radius 1 is 1.17 bits per heavy atom. The van der Waals surface area contributed by atoms with Gasteiger partial charge in [0.1, 0.15) is 5.75 Å². The predicted molar refractivity (Wildman–Crippen MR) is 96.5 cm³/mol. The molecule has 23 heavy (non-hydrogen) atoms. The van der Waals surface area contributed by atoms with Gasteiger partial charge in [0.25, 0.3) is 0 Å². The molecule has 2 N–H and O–H groups in total. The SMILES string of the molecule is CN=C(NCc1ccccc1OCC(F)(F)F)NC(C)(C)C.I. The van der Waals surface area contributed by atoms with Crippen molar-refractivity contribution in [1.29, 1.82) is 0 Å². The highest BCUT2D eigenvalue weighted by Gasteiger charge is 2.28. The second-order valence-corrected chi connectivity index (χ2v) is 5.81. The fourth-order valence-electron chi connectivity index (χ4n) is 1.66. The lowest BCUT2D eigenvalue weighted by atomic mass is 10.1. The number of rotatable bonds is 4. The van der Waals surface area contributed by atoms with Gasteiger partial charge in [-0.05, 0) is 26.8 Å². The summed E-state index contributed by atoms with van der Waals surface area (Å²) in [6, 6.07) is 6.61. The quantitative estimate of drug-likeness (QED) is 0.422. The maximum Gasteiger partial charge on any atom is 0.422 e. The molecule has 0 aliphatic carbocycles. The summed E-state index contributed by atoms with van der Waals surface area (Å²) in [5, 5.41) is 6.23. The minimum Gasteiger partial charge on any atom is -0.484 e. The topological polar surface area (TPSA) is 45.7 Å². The van der Waals surface area contributed by atoms with Crippen molar-refractivity contribution < 1.29 is 17.9 Å². The van der Waals surface area contributed by atoms with Gasteiger partial charge in [-0.15, -0.1) is 24.0 Å². The number of hydrogen-bond acceptors (Lipinski definition) is 2. The van der Waals surface area contributed by atoms with Crippen molar-refractivity contribution in [1.82, 2.24) is 10.6 Å². The predicted octanol–water partition coefficient (Wildman–Crippen LogP) is 3.71. The van der Waals surface area contributed by atoms with E-state index in [4.69, 9.17) is 4.74 Å². The molecule has 0 radical (unpaired) electrons. The molecule has 0 aliphatic heterocycles. The molecular weight excluding hydrogens is 422 g/mol. The van der Waals surface area contributed by atoms with Crippen molar-refractivity contribution >= 4 is 29.9 Å². The summed E-state index contributed by atoms with van der Waals surface area (Å²) in [7, 11) is 1.63. The van der Waals surface area contributed by atoms with Crippen LogP contribution in [0.3, 0.4) is 0 Å². The van der Waals surface area contributed by atoms with Crippen LogP contribution in [0.1, 0.15) is 26.3 Å². The molecule has 132 valence electrons. The molecule has 0 aliphatic rings. The van der Waals surface area contributed by atoms with E-state index in [1.165, 1.54) is 6.07 Å². The highest BCUT2D eigenvalue weighted by atomic mass is 127. The summed E-state index contributed by atoms with van der Waals surface area (Å²) in [6.45, 7) is 4.96. The minimum atomic E-state index is -4.36. The zero-order valence-electron chi connectivity index (χ0n) is 13.6. The minimum absolute atomic E-state index is 0. The molecule has 0 aromatic heterocycles. The third-order valence-corrected chi connectivity index (χ3v) is 2.53. The van der Waals surface area contributed by atoms with Crippen molar-refractivity contribution in [3.63, 3.8) is 0 Å². The first-order valence-electron chi connectivity index (χ1n) is 6.87. The van der Waals surface area contributed by atoms with Gasteiger partial charge in [-0.2, -0.15) is 13.2 Å². The Balaban J connectivity index is 0.00000484.